The molecule has 0 aliphatic rings. The number of carbonyl (C=O) groups is 2. The van der Waals surface area contributed by atoms with Crippen LogP contribution in [0.5, 0.6) is 0 Å². The summed E-state index contributed by atoms with van der Waals surface area (Å²) in [5.74, 6) is -0.337. The van der Waals surface area contributed by atoms with E-state index in [1.807, 2.05) is 42.5 Å². The molecule has 5 heteroatoms. The number of rotatable bonds is 9. The molecule has 0 heterocycles. The molecule has 0 aliphatic carbocycles. The van der Waals surface area contributed by atoms with Crippen LogP contribution in [0.2, 0.25) is 0 Å². The van der Waals surface area contributed by atoms with Gasteiger partial charge < -0.3 is 15.1 Å². The van der Waals surface area contributed by atoms with Gasteiger partial charge in [-0.15, -0.1) is 0 Å². The molecule has 0 atom stereocenters. The summed E-state index contributed by atoms with van der Waals surface area (Å²) in [7, 11) is 0. The molecule has 29 heavy (non-hydrogen) atoms. The van der Waals surface area contributed by atoms with Gasteiger partial charge in [-0.1, -0.05) is 32.0 Å². The van der Waals surface area contributed by atoms with Gasteiger partial charge in [0.1, 0.15) is 6.54 Å². The van der Waals surface area contributed by atoms with Gasteiger partial charge in [0, 0.05) is 31.4 Å². The van der Waals surface area contributed by atoms with Gasteiger partial charge in [-0.2, -0.15) is 0 Å². The molecule has 0 spiro atoms. The van der Waals surface area contributed by atoms with E-state index in [2.05, 4.69) is 37.9 Å². The highest BCUT2D eigenvalue weighted by Gasteiger charge is 2.21. The van der Waals surface area contributed by atoms with Crippen LogP contribution in [-0.4, -0.2) is 31.4 Å². The van der Waals surface area contributed by atoms with Crippen molar-refractivity contribution >= 4 is 28.9 Å². The summed E-state index contributed by atoms with van der Waals surface area (Å²) in [4.78, 5) is 29.0. The van der Waals surface area contributed by atoms with Crippen molar-refractivity contribution in [3.05, 3.63) is 53.6 Å². The monoisotopic (exact) mass is 395 g/mol. The summed E-state index contributed by atoms with van der Waals surface area (Å²) < 4.78 is 0. The van der Waals surface area contributed by atoms with Crippen LogP contribution in [0, 0.1) is 0 Å². The number of nitrogens with zero attached hydrogens (tertiary/aromatic N) is 2. The van der Waals surface area contributed by atoms with Gasteiger partial charge in [-0.05, 0) is 62.1 Å². The maximum Gasteiger partial charge on any atom is 0.244 e. The minimum absolute atomic E-state index is 0.00283. The van der Waals surface area contributed by atoms with E-state index in [-0.39, 0.29) is 18.4 Å². The number of hydrogen-bond acceptors (Lipinski definition) is 3. The molecule has 0 unspecified atom stereocenters. The molecule has 0 fully saturated rings. The lowest BCUT2D eigenvalue weighted by Gasteiger charge is -2.26. The van der Waals surface area contributed by atoms with Crippen molar-refractivity contribution in [2.45, 2.75) is 47.5 Å². The zero-order valence-corrected chi connectivity index (χ0v) is 18.3. The number of carbonyl (C=O) groups excluding carboxylic acids is 2. The van der Waals surface area contributed by atoms with Crippen LogP contribution >= 0.6 is 0 Å². The van der Waals surface area contributed by atoms with Crippen LogP contribution in [-0.2, 0) is 22.4 Å². The van der Waals surface area contributed by atoms with Crippen molar-refractivity contribution in [1.82, 2.24) is 0 Å². The minimum Gasteiger partial charge on any atom is -0.372 e. The second-order valence-corrected chi connectivity index (χ2v) is 7.00. The second-order valence-electron chi connectivity index (χ2n) is 7.00. The SMILES string of the molecule is CCc1cccc(CC)c1N(CC(=O)Nc1ccc(N(CC)CC)cc1)C(C)=O. The average Bonchev–Trinajstić information content (AvgIpc) is 2.73. The number of anilines is 3. The first-order valence-electron chi connectivity index (χ1n) is 10.5. The Morgan fingerprint density at radius 1 is 0.862 bits per heavy atom. The van der Waals surface area contributed by atoms with Crippen LogP contribution in [0.3, 0.4) is 0 Å². The smallest absolute Gasteiger partial charge is 0.244 e. The van der Waals surface area contributed by atoms with Gasteiger partial charge in [0.05, 0.1) is 5.69 Å². The van der Waals surface area contributed by atoms with Gasteiger partial charge in [0.2, 0.25) is 11.8 Å². The van der Waals surface area contributed by atoms with Crippen LogP contribution in [0.4, 0.5) is 17.1 Å². The minimum atomic E-state index is -0.205. The van der Waals surface area contributed by atoms with E-state index >= 15 is 0 Å². The highest BCUT2D eigenvalue weighted by molar-refractivity contribution is 6.02. The highest BCUT2D eigenvalue weighted by atomic mass is 16.2. The van der Waals surface area contributed by atoms with E-state index in [1.54, 1.807) is 4.90 Å². The molecule has 1 N–H and O–H groups in total. The third kappa shape index (κ3) is 5.59. The first kappa shape index (κ1) is 22.5. The highest BCUT2D eigenvalue weighted by Crippen LogP contribution is 2.27. The first-order chi connectivity index (χ1) is 13.9. The van der Waals surface area contributed by atoms with Crippen molar-refractivity contribution in [1.29, 1.82) is 0 Å². The van der Waals surface area contributed by atoms with E-state index in [0.717, 1.165) is 54.1 Å². The van der Waals surface area contributed by atoms with E-state index in [4.69, 9.17) is 0 Å². The molecule has 0 saturated heterocycles. The normalized spacial score (nSPS) is 10.5. The summed E-state index contributed by atoms with van der Waals surface area (Å²) in [6.45, 7) is 11.7. The Bertz CT molecular complexity index is 804. The number of amides is 2. The Kier molecular flexibility index (Phi) is 8.25. The molecule has 2 amide bonds. The lowest BCUT2D eigenvalue weighted by Crippen LogP contribution is -2.38. The fourth-order valence-corrected chi connectivity index (χ4v) is 3.60. The molecule has 2 rings (SSSR count). The predicted molar refractivity (Wildman–Crippen MR) is 122 cm³/mol. The number of para-hydroxylation sites is 1. The summed E-state index contributed by atoms with van der Waals surface area (Å²) in [5.41, 5.74) is 4.89. The Hall–Kier alpha value is -2.82. The third-order valence-electron chi connectivity index (χ3n) is 5.20. The molecule has 0 bridgehead atoms. The zero-order valence-electron chi connectivity index (χ0n) is 18.3. The van der Waals surface area contributed by atoms with Crippen LogP contribution in [0.15, 0.2) is 42.5 Å². The summed E-state index contributed by atoms with van der Waals surface area (Å²) >= 11 is 0. The van der Waals surface area contributed by atoms with Crippen LogP contribution in [0.25, 0.3) is 0 Å². The molecule has 2 aromatic rings. The maximum atomic E-state index is 12.7. The summed E-state index contributed by atoms with van der Waals surface area (Å²) in [6.07, 6.45) is 1.61. The van der Waals surface area contributed by atoms with Gasteiger partial charge in [0.25, 0.3) is 0 Å². The third-order valence-corrected chi connectivity index (χ3v) is 5.20. The molecule has 2 aromatic carbocycles. The molecule has 5 nitrogen and oxygen atoms in total. The quantitative estimate of drug-likeness (QED) is 0.672. The molecule has 0 saturated carbocycles. The number of nitrogens with one attached hydrogen (secondary N) is 1. The lowest BCUT2D eigenvalue weighted by atomic mass is 10.0. The van der Waals surface area contributed by atoms with Crippen LogP contribution < -0.4 is 15.1 Å². The standard InChI is InChI=1S/C24H33N3O2/c1-6-19-11-10-12-20(7-2)24(19)27(18(5)28)17-23(29)25-21-13-15-22(16-14-21)26(8-3)9-4/h10-16H,6-9,17H2,1-5H3,(H,25,29). The molecule has 0 aromatic heterocycles. The fraction of sp³-hybridized carbons (Fsp3) is 0.417. The largest absolute Gasteiger partial charge is 0.372 e. The Balaban J connectivity index is 2.18. The first-order valence-corrected chi connectivity index (χ1v) is 10.5. The fourth-order valence-electron chi connectivity index (χ4n) is 3.60. The molecular weight excluding hydrogens is 362 g/mol. The van der Waals surface area contributed by atoms with Crippen molar-refractivity contribution in [3.8, 4) is 0 Å². The van der Waals surface area contributed by atoms with E-state index in [1.165, 1.54) is 6.92 Å². The molecule has 0 radical (unpaired) electrons. The van der Waals surface area contributed by atoms with Gasteiger partial charge in [-0.25, -0.2) is 0 Å². The predicted octanol–water partition coefficient (Wildman–Crippen LogP) is 4.65. The average molecular weight is 396 g/mol. The van der Waals surface area contributed by atoms with Crippen molar-refractivity contribution in [3.63, 3.8) is 0 Å². The number of hydrogen-bond donors (Lipinski definition) is 1. The maximum absolute atomic E-state index is 12.7. The molecular formula is C24H33N3O2. The van der Waals surface area contributed by atoms with Crippen molar-refractivity contribution in [2.24, 2.45) is 0 Å². The summed E-state index contributed by atoms with van der Waals surface area (Å²) in [6, 6.07) is 13.9. The second kappa shape index (κ2) is 10.6. The number of aryl methyl sites for hydroxylation is 2. The van der Waals surface area contributed by atoms with Crippen LogP contribution in [0.1, 0.15) is 45.7 Å². The number of benzene rings is 2. The Labute approximate surface area is 174 Å². The molecule has 0 aliphatic heterocycles. The summed E-state index contributed by atoms with van der Waals surface area (Å²) in [5, 5.41) is 2.92. The molecule has 156 valence electrons. The van der Waals surface area contributed by atoms with E-state index in [9.17, 15) is 9.59 Å². The van der Waals surface area contributed by atoms with Crippen molar-refractivity contribution < 1.29 is 9.59 Å². The van der Waals surface area contributed by atoms with E-state index < -0.39 is 0 Å². The van der Waals surface area contributed by atoms with Gasteiger partial charge >= 0.3 is 0 Å². The van der Waals surface area contributed by atoms with Gasteiger partial charge in [0.15, 0.2) is 0 Å². The van der Waals surface area contributed by atoms with E-state index in [0.29, 0.717) is 0 Å². The Morgan fingerprint density at radius 2 is 1.41 bits per heavy atom. The lowest BCUT2D eigenvalue weighted by molar-refractivity contribution is -0.120. The topological polar surface area (TPSA) is 52.7 Å². The zero-order chi connectivity index (χ0) is 21.4. The van der Waals surface area contributed by atoms with Crippen molar-refractivity contribution in [2.75, 3.05) is 34.8 Å². The Morgan fingerprint density at radius 3 is 1.86 bits per heavy atom. The van der Waals surface area contributed by atoms with Gasteiger partial charge in [-0.3, -0.25) is 9.59 Å².